The van der Waals surface area contributed by atoms with Crippen molar-refractivity contribution in [2.75, 3.05) is 5.32 Å². The first-order valence-electron chi connectivity index (χ1n) is 6.03. The van der Waals surface area contributed by atoms with E-state index in [2.05, 4.69) is 20.5 Å². The molecule has 1 amide bonds. The van der Waals surface area contributed by atoms with Crippen LogP contribution < -0.4 is 5.32 Å². The van der Waals surface area contributed by atoms with Gasteiger partial charge in [0.05, 0.1) is 10.9 Å². The molecule has 0 saturated heterocycles. The highest BCUT2D eigenvalue weighted by atomic mass is 19.1. The minimum Gasteiger partial charge on any atom is -0.303 e. The van der Waals surface area contributed by atoms with Gasteiger partial charge in [-0.1, -0.05) is 12.1 Å². The molecule has 0 saturated carbocycles. The molecule has 0 radical (unpaired) electrons. The van der Waals surface area contributed by atoms with Crippen LogP contribution in [0.1, 0.15) is 16.2 Å². The summed E-state index contributed by atoms with van der Waals surface area (Å²) in [7, 11) is 0. The lowest BCUT2D eigenvalue weighted by Gasteiger charge is -2.03. The number of halogens is 1. The maximum atomic E-state index is 13.8. The van der Waals surface area contributed by atoms with E-state index in [4.69, 9.17) is 0 Å². The Labute approximate surface area is 113 Å². The number of nitrogens with one attached hydrogen (secondary N) is 2. The lowest BCUT2D eigenvalue weighted by Crippen LogP contribution is -2.14. The van der Waals surface area contributed by atoms with Gasteiger partial charge >= 0.3 is 0 Å². The number of aryl methyl sites for hydroxylation is 1. The van der Waals surface area contributed by atoms with E-state index in [9.17, 15) is 9.18 Å². The average Bonchev–Trinajstić information content (AvgIpc) is 2.83. The Morgan fingerprint density at radius 2 is 2.05 bits per heavy atom. The molecule has 3 aromatic rings. The second kappa shape index (κ2) is 4.73. The van der Waals surface area contributed by atoms with Crippen molar-refractivity contribution >= 4 is 22.6 Å². The van der Waals surface area contributed by atoms with Crippen LogP contribution in [0.25, 0.3) is 10.9 Å². The number of pyridine rings is 1. The highest BCUT2D eigenvalue weighted by Gasteiger charge is 2.14. The summed E-state index contributed by atoms with van der Waals surface area (Å²) in [6.45, 7) is 1.79. The molecule has 6 heteroatoms. The van der Waals surface area contributed by atoms with Crippen LogP contribution in [0.3, 0.4) is 0 Å². The van der Waals surface area contributed by atoms with Gasteiger partial charge in [-0.15, -0.1) is 0 Å². The van der Waals surface area contributed by atoms with Gasteiger partial charge in [0.15, 0.2) is 5.82 Å². The van der Waals surface area contributed by atoms with Crippen molar-refractivity contribution < 1.29 is 9.18 Å². The van der Waals surface area contributed by atoms with Gasteiger partial charge < -0.3 is 5.32 Å². The standard InChI is InChI=1S/C14H11FN4O/c1-8-4-2-7-11(16-8)14(20)17-13-12-9(15)5-3-6-10(12)18-19-13/h2-7H,1H3,(H2,17,18,19,20). The van der Waals surface area contributed by atoms with Crippen molar-refractivity contribution in [1.29, 1.82) is 0 Å². The van der Waals surface area contributed by atoms with E-state index in [1.54, 1.807) is 37.3 Å². The number of amides is 1. The summed E-state index contributed by atoms with van der Waals surface area (Å²) >= 11 is 0. The normalized spacial score (nSPS) is 10.7. The number of carbonyl (C=O) groups excluding carboxylic acids is 1. The van der Waals surface area contributed by atoms with Crippen LogP contribution >= 0.6 is 0 Å². The van der Waals surface area contributed by atoms with Gasteiger partial charge in [0.2, 0.25) is 0 Å². The molecular formula is C14H11FN4O. The molecule has 0 bridgehead atoms. The zero-order valence-corrected chi connectivity index (χ0v) is 10.6. The number of H-pyrrole nitrogens is 1. The van der Waals surface area contributed by atoms with Crippen LogP contribution in [-0.2, 0) is 0 Å². The number of rotatable bonds is 2. The molecule has 1 aromatic carbocycles. The Balaban J connectivity index is 1.96. The molecule has 0 aliphatic heterocycles. The van der Waals surface area contributed by atoms with Gasteiger partial charge in [0, 0.05) is 5.69 Å². The molecule has 3 rings (SSSR count). The van der Waals surface area contributed by atoms with Gasteiger partial charge in [-0.2, -0.15) is 5.10 Å². The molecule has 2 aromatic heterocycles. The van der Waals surface area contributed by atoms with E-state index in [1.165, 1.54) is 6.07 Å². The summed E-state index contributed by atoms with van der Waals surface area (Å²) in [4.78, 5) is 16.2. The highest BCUT2D eigenvalue weighted by molar-refractivity contribution is 6.06. The molecule has 0 aliphatic carbocycles. The molecule has 0 fully saturated rings. The van der Waals surface area contributed by atoms with E-state index in [-0.39, 0.29) is 16.9 Å². The minimum absolute atomic E-state index is 0.159. The van der Waals surface area contributed by atoms with Crippen LogP contribution in [0.4, 0.5) is 10.2 Å². The van der Waals surface area contributed by atoms with Gasteiger partial charge in [-0.3, -0.25) is 9.89 Å². The van der Waals surface area contributed by atoms with Crippen LogP contribution in [0.2, 0.25) is 0 Å². The van der Waals surface area contributed by atoms with E-state index in [1.807, 2.05) is 0 Å². The van der Waals surface area contributed by atoms with Crippen molar-refractivity contribution in [3.63, 3.8) is 0 Å². The highest BCUT2D eigenvalue weighted by Crippen LogP contribution is 2.23. The Hall–Kier alpha value is -2.76. The Bertz CT molecular complexity index is 797. The molecule has 2 N–H and O–H groups in total. The number of nitrogens with zero attached hydrogens (tertiary/aromatic N) is 2. The topological polar surface area (TPSA) is 70.7 Å². The first-order valence-corrected chi connectivity index (χ1v) is 6.03. The van der Waals surface area contributed by atoms with Crippen molar-refractivity contribution in [2.24, 2.45) is 0 Å². The van der Waals surface area contributed by atoms with E-state index in [0.717, 1.165) is 5.69 Å². The number of aromatic amines is 1. The number of aromatic nitrogens is 3. The second-order valence-corrected chi connectivity index (χ2v) is 4.35. The third kappa shape index (κ3) is 2.11. The summed E-state index contributed by atoms with van der Waals surface area (Å²) in [5.74, 6) is -0.708. The van der Waals surface area contributed by atoms with Crippen LogP contribution in [0.5, 0.6) is 0 Å². The average molecular weight is 270 g/mol. The zero-order valence-electron chi connectivity index (χ0n) is 10.6. The van der Waals surface area contributed by atoms with E-state index >= 15 is 0 Å². The number of hydrogen-bond donors (Lipinski definition) is 2. The third-order valence-electron chi connectivity index (χ3n) is 2.89. The van der Waals surface area contributed by atoms with Gasteiger partial charge in [-0.05, 0) is 31.2 Å². The number of carbonyl (C=O) groups is 1. The lowest BCUT2D eigenvalue weighted by molar-refractivity contribution is 0.102. The number of fused-ring (bicyclic) bond motifs is 1. The summed E-state index contributed by atoms with van der Waals surface area (Å²) in [5, 5.41) is 9.41. The molecule has 100 valence electrons. The SMILES string of the molecule is Cc1cccc(C(=O)Nc2n[nH]c3cccc(F)c23)n1. The van der Waals surface area contributed by atoms with E-state index in [0.29, 0.717) is 5.52 Å². The number of hydrogen-bond acceptors (Lipinski definition) is 3. The van der Waals surface area contributed by atoms with Crippen molar-refractivity contribution in [2.45, 2.75) is 6.92 Å². The minimum atomic E-state index is -0.441. The maximum Gasteiger partial charge on any atom is 0.275 e. The van der Waals surface area contributed by atoms with Crippen molar-refractivity contribution in [3.05, 3.63) is 53.6 Å². The summed E-state index contributed by atoms with van der Waals surface area (Å²) in [6.07, 6.45) is 0. The quantitative estimate of drug-likeness (QED) is 0.752. The fourth-order valence-corrected chi connectivity index (χ4v) is 1.96. The van der Waals surface area contributed by atoms with E-state index < -0.39 is 11.7 Å². The lowest BCUT2D eigenvalue weighted by atomic mass is 10.2. The van der Waals surface area contributed by atoms with Crippen LogP contribution in [-0.4, -0.2) is 21.1 Å². The predicted molar refractivity (Wildman–Crippen MR) is 73.0 cm³/mol. The molecule has 0 unspecified atom stereocenters. The van der Waals surface area contributed by atoms with Crippen LogP contribution in [0, 0.1) is 12.7 Å². The smallest absolute Gasteiger partial charge is 0.275 e. The summed E-state index contributed by atoms with van der Waals surface area (Å²) < 4.78 is 13.8. The monoisotopic (exact) mass is 270 g/mol. The summed E-state index contributed by atoms with van der Waals surface area (Å²) in [5.41, 5.74) is 1.52. The molecule has 20 heavy (non-hydrogen) atoms. The molecule has 0 aliphatic rings. The fraction of sp³-hybridized carbons (Fsp3) is 0.0714. The molecule has 5 nitrogen and oxygen atoms in total. The van der Waals surface area contributed by atoms with Gasteiger partial charge in [-0.25, -0.2) is 9.37 Å². The largest absolute Gasteiger partial charge is 0.303 e. The molecule has 0 atom stereocenters. The van der Waals surface area contributed by atoms with Crippen molar-refractivity contribution in [3.8, 4) is 0 Å². The summed E-state index contributed by atoms with van der Waals surface area (Å²) in [6, 6.07) is 9.70. The first-order chi connectivity index (χ1) is 9.65. The van der Waals surface area contributed by atoms with Crippen LogP contribution in [0.15, 0.2) is 36.4 Å². The first kappa shape index (κ1) is 12.3. The zero-order chi connectivity index (χ0) is 14.1. The second-order valence-electron chi connectivity index (χ2n) is 4.35. The predicted octanol–water partition coefficient (Wildman–Crippen LogP) is 2.66. The number of anilines is 1. The Kier molecular flexibility index (Phi) is 2.90. The maximum absolute atomic E-state index is 13.8. The molecular weight excluding hydrogens is 259 g/mol. The van der Waals surface area contributed by atoms with Crippen molar-refractivity contribution in [1.82, 2.24) is 15.2 Å². The van der Waals surface area contributed by atoms with Gasteiger partial charge in [0.25, 0.3) is 5.91 Å². The third-order valence-corrected chi connectivity index (χ3v) is 2.89. The molecule has 0 spiro atoms. The Morgan fingerprint density at radius 1 is 1.25 bits per heavy atom. The fourth-order valence-electron chi connectivity index (χ4n) is 1.96. The molecule has 2 heterocycles. The number of benzene rings is 1. The van der Waals surface area contributed by atoms with Gasteiger partial charge in [0.1, 0.15) is 11.5 Å². The Morgan fingerprint density at radius 3 is 2.85 bits per heavy atom.